The van der Waals surface area contributed by atoms with E-state index >= 15 is 0 Å². The van der Waals surface area contributed by atoms with Crippen LogP contribution < -0.4 is 10.6 Å². The highest BCUT2D eigenvalue weighted by Gasteiger charge is 2.52. The minimum Gasteiger partial charge on any atom is -0.512 e. The summed E-state index contributed by atoms with van der Waals surface area (Å²) in [6.07, 6.45) is 4.02. The van der Waals surface area contributed by atoms with E-state index in [0.717, 1.165) is 4.90 Å². The smallest absolute Gasteiger partial charge is 0.286 e. The second-order valence-corrected chi connectivity index (χ2v) is 4.88. The number of hydrogen-bond donors (Lipinski definition) is 6. The highest BCUT2D eigenvalue weighted by molar-refractivity contribution is 5.46. The molecule has 0 unspecified atom stereocenters. The van der Waals surface area contributed by atoms with Gasteiger partial charge in [-0.3, -0.25) is 4.90 Å². The Morgan fingerprint density at radius 3 is 2.42 bits per heavy atom. The number of fused-ring (bicyclic) bond motifs is 1. The lowest BCUT2D eigenvalue weighted by Gasteiger charge is -2.38. The molecule has 0 aliphatic heterocycles. The van der Waals surface area contributed by atoms with E-state index in [4.69, 9.17) is 0 Å². The van der Waals surface area contributed by atoms with Crippen LogP contribution in [-0.4, -0.2) is 55.4 Å². The monoisotopic (exact) mass is 270 g/mol. The number of rotatable bonds is 3. The zero-order valence-electron chi connectivity index (χ0n) is 10.8. The summed E-state index contributed by atoms with van der Waals surface area (Å²) in [5.74, 6) is -5.88. The highest BCUT2D eigenvalue weighted by Crippen LogP contribution is 2.28. The van der Waals surface area contributed by atoms with Gasteiger partial charge < -0.3 is 30.5 Å². The van der Waals surface area contributed by atoms with Crippen molar-refractivity contribution in [1.29, 1.82) is 0 Å². The fourth-order valence-corrected chi connectivity index (χ4v) is 2.16. The molecule has 0 fully saturated rings. The lowest BCUT2D eigenvalue weighted by Crippen LogP contribution is -2.62. The van der Waals surface area contributed by atoms with Crippen molar-refractivity contribution in [2.24, 2.45) is 0 Å². The Morgan fingerprint density at radius 2 is 1.84 bits per heavy atom. The number of nitrogens with zero attached hydrogens (tertiary/aromatic N) is 1. The van der Waals surface area contributed by atoms with Crippen LogP contribution in [0, 0.1) is 0 Å². The van der Waals surface area contributed by atoms with Crippen molar-refractivity contribution in [2.45, 2.75) is 24.5 Å². The Hall–Kier alpha value is -1.38. The summed E-state index contributed by atoms with van der Waals surface area (Å²) in [5.41, 5.74) is -0.186. The quantitative estimate of drug-likeness (QED) is 0.340. The van der Waals surface area contributed by atoms with Crippen LogP contribution in [-0.2, 0) is 5.79 Å². The van der Waals surface area contributed by atoms with E-state index in [1.54, 1.807) is 6.08 Å². The number of aliphatic hydroxyl groups is 5. The molecule has 0 atom stereocenters. The molecule has 0 bridgehead atoms. The van der Waals surface area contributed by atoms with Gasteiger partial charge in [-0.05, 0) is 20.5 Å². The Kier molecular flexibility index (Phi) is 3.20. The fraction of sp³-hybridized carbons (Fsp3) is 0.500. The average molecular weight is 270 g/mol. The minimum atomic E-state index is -2.96. The van der Waals surface area contributed by atoms with Gasteiger partial charge in [-0.15, -0.1) is 0 Å². The predicted octanol–water partition coefficient (Wildman–Crippen LogP) is -2.41. The van der Waals surface area contributed by atoms with Gasteiger partial charge in [-0.2, -0.15) is 0 Å². The molecule has 0 amide bonds. The number of aromatic nitrogens is 1. The molecule has 7 heteroatoms. The van der Waals surface area contributed by atoms with E-state index in [1.807, 2.05) is 0 Å². The van der Waals surface area contributed by atoms with E-state index in [-0.39, 0.29) is 16.5 Å². The SMILES string of the molecule is CN(C)C(O)(O)C(O)(O)c1c[nH]c2c1=C(O)CCC=2. The van der Waals surface area contributed by atoms with Gasteiger partial charge in [-0.25, -0.2) is 0 Å². The molecule has 0 saturated heterocycles. The molecule has 0 spiro atoms. The molecule has 1 aromatic heterocycles. The summed E-state index contributed by atoms with van der Waals surface area (Å²) in [7, 11) is 2.58. The molecule has 1 aromatic rings. The highest BCUT2D eigenvalue weighted by atomic mass is 16.6. The van der Waals surface area contributed by atoms with Crippen molar-refractivity contribution >= 4 is 11.8 Å². The summed E-state index contributed by atoms with van der Waals surface area (Å²) >= 11 is 0. The molecule has 1 aliphatic carbocycles. The normalized spacial score (nSPS) is 16.5. The summed E-state index contributed by atoms with van der Waals surface area (Å²) in [6, 6.07) is 0. The van der Waals surface area contributed by atoms with Gasteiger partial charge in [0, 0.05) is 28.7 Å². The Bertz CT molecular complexity index is 600. The predicted molar refractivity (Wildman–Crippen MR) is 66.7 cm³/mol. The third-order valence-corrected chi connectivity index (χ3v) is 3.40. The number of H-pyrrole nitrogens is 1. The topological polar surface area (TPSA) is 120 Å². The lowest BCUT2D eigenvalue weighted by molar-refractivity contribution is -0.414. The Labute approximate surface area is 109 Å². The van der Waals surface area contributed by atoms with E-state index in [0.29, 0.717) is 18.2 Å². The van der Waals surface area contributed by atoms with E-state index in [2.05, 4.69) is 4.98 Å². The molecule has 1 aliphatic rings. The van der Waals surface area contributed by atoms with Crippen LogP contribution in [0.3, 0.4) is 0 Å². The van der Waals surface area contributed by atoms with Gasteiger partial charge in [0.2, 0.25) is 0 Å². The van der Waals surface area contributed by atoms with Crippen molar-refractivity contribution in [3.05, 3.63) is 22.3 Å². The average Bonchev–Trinajstić information content (AvgIpc) is 2.74. The third-order valence-electron chi connectivity index (χ3n) is 3.40. The molecule has 2 rings (SSSR count). The summed E-state index contributed by atoms with van der Waals surface area (Å²) in [5, 5.41) is 50.5. The van der Waals surface area contributed by atoms with E-state index < -0.39 is 11.7 Å². The fourth-order valence-electron chi connectivity index (χ4n) is 2.16. The first-order chi connectivity index (χ1) is 8.69. The van der Waals surface area contributed by atoms with Gasteiger partial charge in [0.1, 0.15) is 5.76 Å². The summed E-state index contributed by atoms with van der Waals surface area (Å²) in [4.78, 5) is 3.63. The van der Waals surface area contributed by atoms with Crippen LogP contribution in [0.2, 0.25) is 0 Å². The molecule has 7 nitrogen and oxygen atoms in total. The van der Waals surface area contributed by atoms with Crippen LogP contribution in [0.4, 0.5) is 0 Å². The van der Waals surface area contributed by atoms with Crippen molar-refractivity contribution in [3.8, 4) is 0 Å². The van der Waals surface area contributed by atoms with Crippen LogP contribution in [0.15, 0.2) is 6.20 Å². The third kappa shape index (κ3) is 1.96. The maximum atomic E-state index is 10.1. The van der Waals surface area contributed by atoms with Crippen molar-refractivity contribution < 1.29 is 25.5 Å². The summed E-state index contributed by atoms with van der Waals surface area (Å²) < 4.78 is 0. The maximum Gasteiger partial charge on any atom is 0.286 e. The molecular formula is C12H18N2O5. The van der Waals surface area contributed by atoms with Crippen molar-refractivity contribution in [2.75, 3.05) is 14.1 Å². The van der Waals surface area contributed by atoms with Gasteiger partial charge in [0.15, 0.2) is 0 Å². The Balaban J connectivity index is 2.68. The number of hydrogen-bond acceptors (Lipinski definition) is 6. The maximum absolute atomic E-state index is 10.1. The standard InChI is InChI=1S/C12H18N2O5/c1-14(2)12(18,19)11(16,17)7-6-13-8-4-3-5-9(15)10(7)8/h4,6,13,15-19H,3,5H2,1-2H3. The molecule has 6 N–H and O–H groups in total. The molecular weight excluding hydrogens is 252 g/mol. The largest absolute Gasteiger partial charge is 0.512 e. The number of likely N-dealkylation sites (N-methyl/N-ethyl adjacent to an activating group) is 1. The second kappa shape index (κ2) is 4.32. The molecule has 0 aromatic carbocycles. The van der Waals surface area contributed by atoms with Gasteiger partial charge in [0.05, 0.1) is 0 Å². The van der Waals surface area contributed by atoms with E-state index in [9.17, 15) is 25.5 Å². The van der Waals surface area contributed by atoms with Crippen molar-refractivity contribution in [1.82, 2.24) is 9.88 Å². The minimum absolute atomic E-state index is 0.0178. The molecule has 106 valence electrons. The first-order valence-corrected chi connectivity index (χ1v) is 5.86. The second-order valence-electron chi connectivity index (χ2n) is 4.88. The first kappa shape index (κ1) is 14.0. The van der Waals surface area contributed by atoms with Crippen LogP contribution in [0.1, 0.15) is 18.4 Å². The number of aliphatic hydroxyl groups excluding tert-OH is 1. The molecule has 1 heterocycles. The van der Waals surface area contributed by atoms with Crippen molar-refractivity contribution in [3.63, 3.8) is 0 Å². The van der Waals surface area contributed by atoms with Crippen LogP contribution >= 0.6 is 0 Å². The Morgan fingerprint density at radius 1 is 1.21 bits per heavy atom. The number of nitrogens with one attached hydrogen (secondary N) is 1. The number of aromatic amines is 1. The zero-order chi connectivity index (χ0) is 14.4. The van der Waals surface area contributed by atoms with Crippen LogP contribution in [0.25, 0.3) is 11.8 Å². The molecule has 0 saturated carbocycles. The van der Waals surface area contributed by atoms with Crippen LogP contribution in [0.5, 0.6) is 0 Å². The van der Waals surface area contributed by atoms with Gasteiger partial charge in [0.25, 0.3) is 11.7 Å². The first-order valence-electron chi connectivity index (χ1n) is 5.86. The van der Waals surface area contributed by atoms with Gasteiger partial charge in [-0.1, -0.05) is 6.08 Å². The lowest BCUT2D eigenvalue weighted by atomic mass is 9.99. The van der Waals surface area contributed by atoms with Gasteiger partial charge >= 0.3 is 0 Å². The van der Waals surface area contributed by atoms with E-state index in [1.165, 1.54) is 20.3 Å². The molecule has 19 heavy (non-hydrogen) atoms. The molecule has 0 radical (unpaired) electrons. The zero-order valence-corrected chi connectivity index (χ0v) is 10.8. The summed E-state index contributed by atoms with van der Waals surface area (Å²) in [6.45, 7) is 0.